The number of likely N-dealkylation sites (N-methyl/N-ethyl adjacent to an activating group) is 1. The number of amides is 1. The molecule has 5 rings (SSSR count). The van der Waals surface area contributed by atoms with E-state index in [1.165, 1.54) is 17.4 Å². The van der Waals surface area contributed by atoms with Crippen molar-refractivity contribution in [3.63, 3.8) is 0 Å². The Kier molecular flexibility index (Phi) is 7.79. The van der Waals surface area contributed by atoms with Gasteiger partial charge in [0.1, 0.15) is 11.5 Å². The largest absolute Gasteiger partial charge is 0.457 e. The van der Waals surface area contributed by atoms with Gasteiger partial charge >= 0.3 is 0 Å². The molecule has 2 aromatic carbocycles. The molecular weight excluding hydrogens is 564 g/mol. The summed E-state index contributed by atoms with van der Waals surface area (Å²) in [5, 5.41) is 11.9. The number of carbonyl (C=O) groups is 1. The summed E-state index contributed by atoms with van der Waals surface area (Å²) in [5.41, 5.74) is 2.54. The fourth-order valence-corrected chi connectivity index (χ4v) is 6.06. The molecule has 1 aliphatic heterocycles. The number of halogens is 1. The number of nitro groups is 1. The van der Waals surface area contributed by atoms with Crippen LogP contribution in [0.2, 0.25) is 5.02 Å². The third-order valence-corrected chi connectivity index (χ3v) is 8.31. The number of carbonyl (C=O) groups excluding carboxylic acids is 1. The normalized spacial score (nSPS) is 15.0. The Labute approximate surface area is 244 Å². The predicted molar refractivity (Wildman–Crippen MR) is 159 cm³/mol. The maximum absolute atomic E-state index is 13.9. The molecule has 41 heavy (non-hydrogen) atoms. The van der Waals surface area contributed by atoms with Gasteiger partial charge in [-0.25, -0.2) is 4.99 Å². The lowest BCUT2D eigenvalue weighted by atomic mass is 9.94. The van der Waals surface area contributed by atoms with Crippen molar-refractivity contribution in [2.75, 3.05) is 13.1 Å². The molecular formula is C30H27ClN4O5S. The van der Waals surface area contributed by atoms with Gasteiger partial charge in [-0.1, -0.05) is 47.2 Å². The lowest BCUT2D eigenvalue weighted by Crippen LogP contribution is -2.43. The Hall–Kier alpha value is -4.28. The average Bonchev–Trinajstić information content (AvgIpc) is 3.53. The topological polar surface area (TPSA) is 111 Å². The highest BCUT2D eigenvalue weighted by Crippen LogP contribution is 2.32. The van der Waals surface area contributed by atoms with E-state index >= 15 is 0 Å². The number of rotatable bonds is 7. The van der Waals surface area contributed by atoms with Crippen molar-refractivity contribution in [2.24, 2.45) is 4.99 Å². The van der Waals surface area contributed by atoms with Crippen molar-refractivity contribution in [3.05, 3.63) is 118 Å². The molecule has 4 aromatic rings. The minimum absolute atomic E-state index is 0.00129. The van der Waals surface area contributed by atoms with Crippen molar-refractivity contribution in [2.45, 2.75) is 33.7 Å². The molecule has 1 atom stereocenters. The van der Waals surface area contributed by atoms with Crippen LogP contribution in [0.4, 0.5) is 5.69 Å². The van der Waals surface area contributed by atoms with Gasteiger partial charge in [0.2, 0.25) is 0 Å². The molecule has 1 aliphatic rings. The van der Waals surface area contributed by atoms with Gasteiger partial charge in [-0.3, -0.25) is 24.3 Å². The minimum atomic E-state index is -0.681. The van der Waals surface area contributed by atoms with Crippen molar-refractivity contribution in [1.82, 2.24) is 9.47 Å². The molecule has 0 N–H and O–H groups in total. The molecule has 0 bridgehead atoms. The van der Waals surface area contributed by atoms with Crippen molar-refractivity contribution in [1.29, 1.82) is 0 Å². The van der Waals surface area contributed by atoms with Gasteiger partial charge in [0.15, 0.2) is 4.80 Å². The number of furan rings is 1. The van der Waals surface area contributed by atoms with Crippen LogP contribution in [0.15, 0.2) is 80.1 Å². The summed E-state index contributed by atoms with van der Waals surface area (Å²) in [4.78, 5) is 45.4. The van der Waals surface area contributed by atoms with Crippen LogP contribution < -0.4 is 14.9 Å². The molecule has 0 fully saturated rings. The zero-order valence-electron chi connectivity index (χ0n) is 22.9. The fraction of sp³-hybridized carbons (Fsp3) is 0.233. The number of aryl methyl sites for hydroxylation is 1. The summed E-state index contributed by atoms with van der Waals surface area (Å²) in [7, 11) is 0. The number of benzene rings is 2. The monoisotopic (exact) mass is 590 g/mol. The molecule has 0 unspecified atom stereocenters. The first kappa shape index (κ1) is 28.3. The number of fused-ring (bicyclic) bond motifs is 1. The number of aromatic nitrogens is 1. The van der Waals surface area contributed by atoms with E-state index in [4.69, 9.17) is 16.0 Å². The van der Waals surface area contributed by atoms with E-state index in [0.29, 0.717) is 61.4 Å². The molecule has 0 spiro atoms. The second kappa shape index (κ2) is 11.3. The lowest BCUT2D eigenvalue weighted by molar-refractivity contribution is -0.385. The Morgan fingerprint density at radius 3 is 2.51 bits per heavy atom. The molecule has 11 heteroatoms. The molecule has 0 radical (unpaired) electrons. The first-order valence-electron chi connectivity index (χ1n) is 13.1. The van der Waals surface area contributed by atoms with Gasteiger partial charge in [-0.05, 0) is 57.5 Å². The van der Waals surface area contributed by atoms with E-state index in [9.17, 15) is 19.7 Å². The molecule has 1 amide bonds. The first-order valence-corrected chi connectivity index (χ1v) is 14.2. The molecule has 2 aromatic heterocycles. The van der Waals surface area contributed by atoms with E-state index in [2.05, 4.69) is 4.99 Å². The second-order valence-electron chi connectivity index (χ2n) is 9.57. The van der Waals surface area contributed by atoms with Crippen LogP contribution in [0.1, 0.15) is 43.7 Å². The van der Waals surface area contributed by atoms with Crippen LogP contribution in [-0.4, -0.2) is 33.4 Å². The zero-order chi connectivity index (χ0) is 29.4. The van der Waals surface area contributed by atoms with Gasteiger partial charge in [0.25, 0.3) is 17.2 Å². The van der Waals surface area contributed by atoms with E-state index in [0.717, 1.165) is 5.56 Å². The third kappa shape index (κ3) is 5.28. The molecule has 0 saturated carbocycles. The average molecular weight is 591 g/mol. The highest BCUT2D eigenvalue weighted by Gasteiger charge is 2.34. The summed E-state index contributed by atoms with van der Waals surface area (Å²) in [6.07, 6.45) is 1.63. The maximum atomic E-state index is 13.9. The molecule has 0 aliphatic carbocycles. The first-order chi connectivity index (χ1) is 19.6. The van der Waals surface area contributed by atoms with Crippen molar-refractivity contribution in [3.8, 4) is 11.3 Å². The highest BCUT2D eigenvalue weighted by molar-refractivity contribution is 7.07. The van der Waals surface area contributed by atoms with Crippen molar-refractivity contribution >= 4 is 40.6 Å². The smallest absolute Gasteiger partial charge is 0.273 e. The van der Waals surface area contributed by atoms with Crippen LogP contribution >= 0.6 is 22.9 Å². The van der Waals surface area contributed by atoms with E-state index in [1.807, 2.05) is 26.0 Å². The summed E-state index contributed by atoms with van der Waals surface area (Å²) in [6, 6.07) is 14.7. The van der Waals surface area contributed by atoms with Gasteiger partial charge < -0.3 is 9.32 Å². The fourth-order valence-electron chi connectivity index (χ4n) is 4.91. The number of nitro benzene ring substituents is 1. The number of thiazole rings is 1. The van der Waals surface area contributed by atoms with Gasteiger partial charge in [-0.15, -0.1) is 0 Å². The predicted octanol–water partition coefficient (Wildman–Crippen LogP) is 5.23. The number of hydrogen-bond acceptors (Lipinski definition) is 7. The Morgan fingerprint density at radius 1 is 1.15 bits per heavy atom. The molecule has 0 saturated heterocycles. The maximum Gasteiger partial charge on any atom is 0.273 e. The summed E-state index contributed by atoms with van der Waals surface area (Å²) < 4.78 is 7.89. The summed E-state index contributed by atoms with van der Waals surface area (Å²) in [5.74, 6) is 0.675. The van der Waals surface area contributed by atoms with Crippen LogP contribution in [0.5, 0.6) is 0 Å². The molecule has 210 valence electrons. The van der Waals surface area contributed by atoms with Crippen LogP contribution in [0.3, 0.4) is 0 Å². The number of nitrogens with zero attached hydrogens (tertiary/aromatic N) is 4. The standard InChI is InChI=1S/C30H27ClN4O5S/c1-5-33(6-2)29(37)26-18(4)32-30-34(27(26)19-9-11-21(31)12-10-19)28(36)25(41-30)16-22-13-14-24(40-22)20-8-7-17(3)23(15-20)35(38)39/h7-16,27H,5-6H2,1-4H3/b25-16+/t27-/m1/s1. The lowest BCUT2D eigenvalue weighted by Gasteiger charge is -2.29. The Bertz CT molecular complexity index is 1880. The van der Waals surface area contributed by atoms with E-state index in [-0.39, 0.29) is 17.2 Å². The van der Waals surface area contributed by atoms with Crippen molar-refractivity contribution < 1.29 is 14.1 Å². The number of hydrogen-bond donors (Lipinski definition) is 0. The molecule has 9 nitrogen and oxygen atoms in total. The third-order valence-electron chi connectivity index (χ3n) is 7.08. The Balaban J connectivity index is 1.62. The van der Waals surface area contributed by atoms with E-state index in [1.54, 1.807) is 65.8 Å². The SMILES string of the molecule is CCN(CC)C(=O)C1=C(C)N=c2s/c(=C/c3ccc(-c4ccc(C)c([N+](=O)[O-])c4)o3)c(=O)n2[C@@H]1c1ccc(Cl)cc1. The summed E-state index contributed by atoms with van der Waals surface area (Å²) >= 11 is 7.36. The van der Waals surface area contributed by atoms with Crippen LogP contribution in [-0.2, 0) is 4.79 Å². The van der Waals surface area contributed by atoms with E-state index < -0.39 is 11.0 Å². The van der Waals surface area contributed by atoms with Crippen LogP contribution in [0, 0.1) is 17.0 Å². The quantitative estimate of drug-likeness (QED) is 0.216. The van der Waals surface area contributed by atoms with Gasteiger partial charge in [0.05, 0.1) is 26.8 Å². The van der Waals surface area contributed by atoms with Gasteiger partial charge in [0, 0.05) is 41.4 Å². The molecule has 3 heterocycles. The van der Waals surface area contributed by atoms with Gasteiger partial charge in [-0.2, -0.15) is 0 Å². The summed E-state index contributed by atoms with van der Waals surface area (Å²) in [6.45, 7) is 8.33. The minimum Gasteiger partial charge on any atom is -0.457 e. The second-order valence-corrected chi connectivity index (χ2v) is 11.0. The van der Waals surface area contributed by atoms with Crippen LogP contribution in [0.25, 0.3) is 17.4 Å². The highest BCUT2D eigenvalue weighted by atomic mass is 35.5. The zero-order valence-corrected chi connectivity index (χ0v) is 24.5. The Morgan fingerprint density at radius 2 is 1.85 bits per heavy atom. The number of allylic oxidation sites excluding steroid dienone is 1.